The van der Waals surface area contributed by atoms with Gasteiger partial charge in [0, 0.05) is 10.6 Å². The Balaban J connectivity index is 2.08. The lowest BCUT2D eigenvalue weighted by Crippen LogP contribution is -1.99. The van der Waals surface area contributed by atoms with Gasteiger partial charge in [0.1, 0.15) is 17.0 Å². The number of rotatable bonds is 3. The second-order valence-corrected chi connectivity index (χ2v) is 6.52. The van der Waals surface area contributed by atoms with Crippen LogP contribution in [-0.2, 0) is 6.42 Å². The Bertz CT molecular complexity index is 782. The van der Waals surface area contributed by atoms with Crippen molar-refractivity contribution in [1.82, 2.24) is 9.97 Å². The molecule has 0 aliphatic rings. The molecule has 21 heavy (non-hydrogen) atoms. The zero-order valence-corrected chi connectivity index (χ0v) is 13.6. The Morgan fingerprint density at radius 2 is 1.76 bits per heavy atom. The molecule has 0 saturated carbocycles. The second kappa shape index (κ2) is 5.45. The van der Waals surface area contributed by atoms with Gasteiger partial charge in [-0.05, 0) is 44.4 Å². The Kier molecular flexibility index (Phi) is 3.64. The van der Waals surface area contributed by atoms with E-state index in [9.17, 15) is 0 Å². The summed E-state index contributed by atoms with van der Waals surface area (Å²) in [6, 6.07) is 6.58. The molecule has 0 unspecified atom stereocenters. The first-order valence-electron chi connectivity index (χ1n) is 7.16. The molecule has 3 rings (SSSR count). The molecule has 108 valence electrons. The molecule has 4 heteroatoms. The number of nitrogens with zero attached hydrogens (tertiary/aromatic N) is 2. The average molecular weight is 297 g/mol. The SMILES string of the molecule is CCc1cc2c(Nc3c(C)cc(C)cc3C)ncnc2s1. The molecule has 0 amide bonds. The lowest BCUT2D eigenvalue weighted by molar-refractivity contribution is 1.19. The molecule has 3 nitrogen and oxygen atoms in total. The molecular formula is C17H19N3S. The fraction of sp³-hybridized carbons (Fsp3) is 0.294. The van der Waals surface area contributed by atoms with Crippen LogP contribution >= 0.6 is 11.3 Å². The average Bonchev–Trinajstić information content (AvgIpc) is 2.86. The van der Waals surface area contributed by atoms with Gasteiger partial charge < -0.3 is 5.32 Å². The number of hydrogen-bond donors (Lipinski definition) is 1. The van der Waals surface area contributed by atoms with Crippen LogP contribution in [0.4, 0.5) is 11.5 Å². The van der Waals surface area contributed by atoms with Crippen LogP contribution < -0.4 is 5.32 Å². The first-order valence-corrected chi connectivity index (χ1v) is 7.98. The second-order valence-electron chi connectivity index (χ2n) is 5.41. The maximum Gasteiger partial charge on any atom is 0.142 e. The molecule has 1 aromatic carbocycles. The smallest absolute Gasteiger partial charge is 0.142 e. The van der Waals surface area contributed by atoms with Crippen molar-refractivity contribution >= 4 is 33.1 Å². The summed E-state index contributed by atoms with van der Waals surface area (Å²) in [7, 11) is 0. The van der Waals surface area contributed by atoms with Gasteiger partial charge in [-0.25, -0.2) is 9.97 Å². The van der Waals surface area contributed by atoms with Crippen molar-refractivity contribution in [3.63, 3.8) is 0 Å². The highest BCUT2D eigenvalue weighted by Gasteiger charge is 2.10. The maximum absolute atomic E-state index is 4.44. The van der Waals surface area contributed by atoms with Gasteiger partial charge in [0.2, 0.25) is 0 Å². The van der Waals surface area contributed by atoms with Crippen LogP contribution in [0, 0.1) is 20.8 Å². The van der Waals surface area contributed by atoms with Gasteiger partial charge in [-0.1, -0.05) is 24.6 Å². The summed E-state index contributed by atoms with van der Waals surface area (Å²) in [5, 5.41) is 4.61. The van der Waals surface area contributed by atoms with Crippen molar-refractivity contribution < 1.29 is 0 Å². The van der Waals surface area contributed by atoms with E-state index in [2.05, 4.69) is 61.2 Å². The lowest BCUT2D eigenvalue weighted by atomic mass is 10.1. The Hall–Kier alpha value is -1.94. The number of anilines is 2. The van der Waals surface area contributed by atoms with E-state index in [1.165, 1.54) is 21.6 Å². The van der Waals surface area contributed by atoms with Gasteiger partial charge in [0.05, 0.1) is 5.39 Å². The largest absolute Gasteiger partial charge is 0.339 e. The predicted octanol–water partition coefficient (Wildman–Crippen LogP) is 4.92. The Morgan fingerprint density at radius 3 is 2.43 bits per heavy atom. The standard InChI is InChI=1S/C17H19N3S/c1-5-13-8-14-16(18-9-19-17(14)21-13)20-15-11(3)6-10(2)7-12(15)4/h6-9H,5H2,1-4H3,(H,18,19,20). The molecule has 0 atom stereocenters. The third-order valence-corrected chi connectivity index (χ3v) is 4.84. The molecule has 0 saturated heterocycles. The number of benzene rings is 1. The zero-order valence-electron chi connectivity index (χ0n) is 12.8. The molecule has 3 aromatic rings. The van der Waals surface area contributed by atoms with Gasteiger partial charge in [0.15, 0.2) is 0 Å². The molecule has 0 radical (unpaired) electrons. The number of fused-ring (bicyclic) bond motifs is 1. The summed E-state index contributed by atoms with van der Waals surface area (Å²) in [4.78, 5) is 11.2. The van der Waals surface area contributed by atoms with Crippen LogP contribution in [0.1, 0.15) is 28.5 Å². The third kappa shape index (κ3) is 2.63. The van der Waals surface area contributed by atoms with Crippen molar-refractivity contribution in [3.8, 4) is 0 Å². The number of thiophene rings is 1. The van der Waals surface area contributed by atoms with E-state index in [-0.39, 0.29) is 0 Å². The van der Waals surface area contributed by atoms with E-state index in [1.54, 1.807) is 17.7 Å². The van der Waals surface area contributed by atoms with Crippen LogP contribution in [0.25, 0.3) is 10.2 Å². The zero-order chi connectivity index (χ0) is 15.0. The fourth-order valence-corrected chi connectivity index (χ4v) is 3.61. The van der Waals surface area contributed by atoms with Crippen LogP contribution in [0.3, 0.4) is 0 Å². The number of aryl methyl sites for hydroxylation is 4. The van der Waals surface area contributed by atoms with Crippen LogP contribution in [0.5, 0.6) is 0 Å². The maximum atomic E-state index is 4.44. The minimum atomic E-state index is 0.894. The molecule has 1 N–H and O–H groups in total. The van der Waals surface area contributed by atoms with E-state index in [4.69, 9.17) is 0 Å². The Labute approximate surface area is 129 Å². The topological polar surface area (TPSA) is 37.8 Å². The fourth-order valence-electron chi connectivity index (χ4n) is 2.67. The number of aromatic nitrogens is 2. The van der Waals surface area contributed by atoms with Crippen molar-refractivity contribution in [2.45, 2.75) is 34.1 Å². The lowest BCUT2D eigenvalue weighted by Gasteiger charge is -2.13. The summed E-state index contributed by atoms with van der Waals surface area (Å²) in [6.45, 7) is 8.55. The summed E-state index contributed by atoms with van der Waals surface area (Å²) < 4.78 is 0. The van der Waals surface area contributed by atoms with E-state index < -0.39 is 0 Å². The highest BCUT2D eigenvalue weighted by Crippen LogP contribution is 2.32. The normalized spacial score (nSPS) is 11.0. The highest BCUT2D eigenvalue weighted by molar-refractivity contribution is 7.18. The van der Waals surface area contributed by atoms with Gasteiger partial charge in [-0.2, -0.15) is 0 Å². The molecule has 2 aromatic heterocycles. The molecule has 0 fully saturated rings. The molecule has 0 bridgehead atoms. The molecule has 0 aliphatic heterocycles. The monoisotopic (exact) mass is 297 g/mol. The molecule has 0 spiro atoms. The minimum absolute atomic E-state index is 0.894. The number of hydrogen-bond acceptors (Lipinski definition) is 4. The van der Waals surface area contributed by atoms with Crippen molar-refractivity contribution in [2.75, 3.05) is 5.32 Å². The first kappa shape index (κ1) is 14.0. The summed E-state index contributed by atoms with van der Waals surface area (Å²) in [5.41, 5.74) is 4.91. The predicted molar refractivity (Wildman–Crippen MR) is 90.7 cm³/mol. The van der Waals surface area contributed by atoms with E-state index in [0.717, 1.165) is 28.1 Å². The van der Waals surface area contributed by atoms with Gasteiger partial charge >= 0.3 is 0 Å². The van der Waals surface area contributed by atoms with Gasteiger partial charge in [-0.3, -0.25) is 0 Å². The summed E-state index contributed by atoms with van der Waals surface area (Å²) in [6.07, 6.45) is 2.67. The first-order chi connectivity index (χ1) is 10.1. The Morgan fingerprint density at radius 1 is 1.05 bits per heavy atom. The van der Waals surface area contributed by atoms with Crippen molar-refractivity contribution in [2.24, 2.45) is 0 Å². The van der Waals surface area contributed by atoms with E-state index in [1.807, 2.05) is 0 Å². The minimum Gasteiger partial charge on any atom is -0.339 e. The van der Waals surface area contributed by atoms with E-state index in [0.29, 0.717) is 0 Å². The summed E-state index contributed by atoms with van der Waals surface area (Å²) in [5.74, 6) is 0.894. The van der Waals surface area contributed by atoms with Crippen LogP contribution in [0.2, 0.25) is 0 Å². The van der Waals surface area contributed by atoms with Crippen LogP contribution in [-0.4, -0.2) is 9.97 Å². The molecule has 2 heterocycles. The van der Waals surface area contributed by atoms with Crippen molar-refractivity contribution in [1.29, 1.82) is 0 Å². The summed E-state index contributed by atoms with van der Waals surface area (Å²) >= 11 is 1.74. The molecular weight excluding hydrogens is 278 g/mol. The quantitative estimate of drug-likeness (QED) is 0.745. The van der Waals surface area contributed by atoms with Gasteiger partial charge in [-0.15, -0.1) is 11.3 Å². The third-order valence-electron chi connectivity index (χ3n) is 3.65. The molecule has 0 aliphatic carbocycles. The van der Waals surface area contributed by atoms with Crippen LogP contribution in [0.15, 0.2) is 24.5 Å². The number of nitrogens with one attached hydrogen (secondary N) is 1. The van der Waals surface area contributed by atoms with E-state index >= 15 is 0 Å². The van der Waals surface area contributed by atoms with Gasteiger partial charge in [0.25, 0.3) is 0 Å². The highest BCUT2D eigenvalue weighted by atomic mass is 32.1. The van der Waals surface area contributed by atoms with Crippen molar-refractivity contribution in [3.05, 3.63) is 46.1 Å².